The van der Waals surface area contributed by atoms with Gasteiger partial charge >= 0.3 is 0 Å². The van der Waals surface area contributed by atoms with Crippen LogP contribution in [0.2, 0.25) is 16.6 Å². The van der Waals surface area contributed by atoms with E-state index in [1.54, 1.807) is 7.11 Å². The molecule has 1 aromatic rings. The Hall–Kier alpha value is -1.59. The largest absolute Gasteiger partial charge is 0.497 e. The van der Waals surface area contributed by atoms with Gasteiger partial charge in [-0.3, -0.25) is 4.79 Å². The van der Waals surface area contributed by atoms with Gasteiger partial charge in [0.2, 0.25) is 8.32 Å². The van der Waals surface area contributed by atoms with Crippen LogP contribution in [0.5, 0.6) is 5.75 Å². The molecule has 0 spiro atoms. The Bertz CT molecular complexity index is 645. The number of allylic oxidation sites excluding steroid dienone is 1. The smallest absolute Gasteiger partial charge is 0.258 e. The van der Waals surface area contributed by atoms with Gasteiger partial charge in [0.05, 0.1) is 13.2 Å². The maximum Gasteiger partial charge on any atom is 0.258 e. The average molecular weight is 390 g/mol. The van der Waals surface area contributed by atoms with E-state index < -0.39 is 8.32 Å². The van der Waals surface area contributed by atoms with Crippen molar-refractivity contribution in [3.05, 3.63) is 36.4 Å². The van der Waals surface area contributed by atoms with Crippen LogP contribution in [0, 0.1) is 0 Å². The quantitative estimate of drug-likeness (QED) is 0.332. The molecular weight excluding hydrogens is 354 g/mol. The molecule has 0 saturated carbocycles. The second-order valence-electron chi connectivity index (χ2n) is 8.28. The van der Waals surface area contributed by atoms with Crippen LogP contribution in [0.25, 0.3) is 0 Å². The molecule has 150 valence electrons. The third kappa shape index (κ3) is 3.85. The van der Waals surface area contributed by atoms with E-state index in [2.05, 4.69) is 47.6 Å². The molecule has 2 rings (SSSR count). The zero-order valence-electron chi connectivity index (χ0n) is 18.0. The summed E-state index contributed by atoms with van der Waals surface area (Å²) in [6.07, 6.45) is 3.70. The predicted molar refractivity (Wildman–Crippen MR) is 115 cm³/mol. The Balaban J connectivity index is 2.33. The molecule has 0 N–H and O–H groups in total. The van der Waals surface area contributed by atoms with Gasteiger partial charge in [0, 0.05) is 5.69 Å². The van der Waals surface area contributed by atoms with E-state index in [4.69, 9.17) is 9.16 Å². The van der Waals surface area contributed by atoms with E-state index in [-0.39, 0.29) is 18.1 Å². The Morgan fingerprint density at radius 3 is 1.93 bits per heavy atom. The number of carbonyl (C=O) groups is 1. The standard InChI is InChI=1S/C22H35NO3Si/c1-9-10-20-21(26-27(15(2)3,16(4)5)17(6)7)22(24)23(20)18-11-13-19(25-8)14-12-18/h9-17,20-21H,1-8H3/b10-9+/t20-,21+/m0/s1. The molecule has 1 saturated heterocycles. The van der Waals surface area contributed by atoms with E-state index in [9.17, 15) is 4.79 Å². The van der Waals surface area contributed by atoms with Crippen molar-refractivity contribution in [3.63, 3.8) is 0 Å². The van der Waals surface area contributed by atoms with Gasteiger partial charge in [-0.25, -0.2) is 0 Å². The number of amides is 1. The first-order valence-electron chi connectivity index (χ1n) is 9.98. The zero-order chi connectivity index (χ0) is 20.4. The first-order valence-corrected chi connectivity index (χ1v) is 12.1. The maximum absolute atomic E-state index is 13.1. The summed E-state index contributed by atoms with van der Waals surface area (Å²) >= 11 is 0. The third-order valence-electron chi connectivity index (χ3n) is 5.87. The monoisotopic (exact) mass is 389 g/mol. The topological polar surface area (TPSA) is 38.8 Å². The van der Waals surface area contributed by atoms with E-state index in [0.29, 0.717) is 16.6 Å². The van der Waals surface area contributed by atoms with Crippen LogP contribution in [0.4, 0.5) is 5.69 Å². The zero-order valence-corrected chi connectivity index (χ0v) is 19.0. The molecule has 1 aromatic carbocycles. The van der Waals surface area contributed by atoms with Crippen LogP contribution in [0.3, 0.4) is 0 Å². The molecule has 0 aromatic heterocycles. The second kappa shape index (κ2) is 8.61. The Morgan fingerprint density at radius 1 is 1.00 bits per heavy atom. The van der Waals surface area contributed by atoms with Crippen LogP contribution in [0.1, 0.15) is 48.5 Å². The van der Waals surface area contributed by atoms with Crippen LogP contribution in [0.15, 0.2) is 36.4 Å². The van der Waals surface area contributed by atoms with Crippen molar-refractivity contribution in [2.75, 3.05) is 12.0 Å². The molecule has 0 aliphatic carbocycles. The Kier molecular flexibility index (Phi) is 6.92. The van der Waals surface area contributed by atoms with Crippen LogP contribution < -0.4 is 9.64 Å². The van der Waals surface area contributed by atoms with Crippen LogP contribution >= 0.6 is 0 Å². The molecule has 4 nitrogen and oxygen atoms in total. The van der Waals surface area contributed by atoms with Gasteiger partial charge in [-0.15, -0.1) is 0 Å². The SMILES string of the molecule is C/C=C/[C@H]1[C@@H](O[Si](C(C)C)(C(C)C)C(C)C)C(=O)N1c1ccc(OC)cc1. The van der Waals surface area contributed by atoms with Gasteiger partial charge in [0.15, 0.2) is 0 Å². The van der Waals surface area contributed by atoms with Gasteiger partial charge < -0.3 is 14.1 Å². The van der Waals surface area contributed by atoms with Crippen molar-refractivity contribution in [2.45, 2.75) is 77.2 Å². The fourth-order valence-corrected chi connectivity index (χ4v) is 10.2. The summed E-state index contributed by atoms with van der Waals surface area (Å²) in [6, 6.07) is 7.58. The fourth-order valence-electron chi connectivity index (χ4n) is 4.66. The average Bonchev–Trinajstić information content (AvgIpc) is 2.61. The van der Waals surface area contributed by atoms with Gasteiger partial charge in [0.25, 0.3) is 5.91 Å². The molecule has 5 heteroatoms. The van der Waals surface area contributed by atoms with Crippen molar-refractivity contribution < 1.29 is 14.0 Å². The number of anilines is 1. The molecule has 0 unspecified atom stereocenters. The maximum atomic E-state index is 13.1. The van der Waals surface area contributed by atoms with Crippen LogP contribution in [-0.2, 0) is 9.22 Å². The van der Waals surface area contributed by atoms with Gasteiger partial charge in [0.1, 0.15) is 11.9 Å². The van der Waals surface area contributed by atoms with E-state index >= 15 is 0 Å². The molecule has 1 heterocycles. The minimum Gasteiger partial charge on any atom is -0.497 e. The molecule has 27 heavy (non-hydrogen) atoms. The van der Waals surface area contributed by atoms with Crippen molar-refractivity contribution in [3.8, 4) is 5.75 Å². The number of ether oxygens (including phenoxy) is 1. The summed E-state index contributed by atoms with van der Waals surface area (Å²) in [4.78, 5) is 14.9. The number of nitrogens with zero attached hydrogens (tertiary/aromatic N) is 1. The number of rotatable bonds is 8. The number of hydrogen-bond acceptors (Lipinski definition) is 3. The molecule has 0 bridgehead atoms. The number of benzene rings is 1. The lowest BCUT2D eigenvalue weighted by Gasteiger charge is -2.52. The lowest BCUT2D eigenvalue weighted by atomic mass is 9.96. The minimum absolute atomic E-state index is 0.0565. The Morgan fingerprint density at radius 2 is 1.52 bits per heavy atom. The molecule has 1 aliphatic rings. The highest BCUT2D eigenvalue weighted by Crippen LogP contribution is 2.45. The number of methoxy groups -OCH3 is 1. The highest BCUT2D eigenvalue weighted by atomic mass is 28.4. The normalized spacial score (nSPS) is 20.9. The van der Waals surface area contributed by atoms with Gasteiger partial charge in [-0.2, -0.15) is 0 Å². The van der Waals surface area contributed by atoms with Crippen molar-refractivity contribution in [1.82, 2.24) is 0 Å². The van der Waals surface area contributed by atoms with E-state index in [0.717, 1.165) is 11.4 Å². The van der Waals surface area contributed by atoms with E-state index in [1.807, 2.05) is 42.2 Å². The van der Waals surface area contributed by atoms with Crippen molar-refractivity contribution >= 4 is 19.9 Å². The number of hydrogen-bond donors (Lipinski definition) is 0. The molecule has 0 radical (unpaired) electrons. The molecule has 1 aliphatic heterocycles. The first kappa shape index (κ1) is 21.7. The number of carbonyl (C=O) groups excluding carboxylic acids is 1. The molecular formula is C22H35NO3Si. The van der Waals surface area contributed by atoms with Gasteiger partial charge in [-0.1, -0.05) is 53.7 Å². The van der Waals surface area contributed by atoms with Crippen molar-refractivity contribution in [1.29, 1.82) is 0 Å². The van der Waals surface area contributed by atoms with Gasteiger partial charge in [-0.05, 0) is 47.8 Å². The summed E-state index contributed by atoms with van der Waals surface area (Å²) in [6.45, 7) is 15.5. The summed E-state index contributed by atoms with van der Waals surface area (Å²) in [5.74, 6) is 0.843. The highest BCUT2D eigenvalue weighted by molar-refractivity contribution is 6.77. The molecule has 1 fully saturated rings. The second-order valence-corrected chi connectivity index (χ2v) is 13.7. The predicted octanol–water partition coefficient (Wildman–Crippen LogP) is 5.55. The van der Waals surface area contributed by atoms with E-state index in [1.165, 1.54) is 0 Å². The summed E-state index contributed by atoms with van der Waals surface area (Å²) < 4.78 is 12.0. The highest BCUT2D eigenvalue weighted by Gasteiger charge is 2.55. The summed E-state index contributed by atoms with van der Waals surface area (Å²) in [5, 5.41) is 0. The molecule has 2 atom stereocenters. The minimum atomic E-state index is -2.12. The van der Waals surface area contributed by atoms with Crippen molar-refractivity contribution in [2.24, 2.45) is 0 Å². The number of β-lactam (4-membered cyclic amide) rings is 1. The fraction of sp³-hybridized carbons (Fsp3) is 0.591. The third-order valence-corrected chi connectivity index (χ3v) is 11.9. The summed E-state index contributed by atoms with van der Waals surface area (Å²) in [5.41, 5.74) is 2.24. The molecule has 1 amide bonds. The van der Waals surface area contributed by atoms with Crippen LogP contribution in [-0.4, -0.2) is 33.5 Å². The Labute approximate surface area is 165 Å². The lowest BCUT2D eigenvalue weighted by molar-refractivity contribution is -0.134. The lowest BCUT2D eigenvalue weighted by Crippen LogP contribution is -2.69. The first-order chi connectivity index (χ1) is 12.7. The summed E-state index contributed by atoms with van der Waals surface area (Å²) in [7, 11) is -0.477.